The average Bonchev–Trinajstić information content (AvgIpc) is 2.93. The molecule has 4 heteroatoms. The van der Waals surface area contributed by atoms with Crippen molar-refractivity contribution in [2.45, 2.75) is 13.0 Å². The number of anilines is 1. The van der Waals surface area contributed by atoms with Crippen molar-refractivity contribution >= 4 is 21.6 Å². The van der Waals surface area contributed by atoms with E-state index < -0.39 is 0 Å². The van der Waals surface area contributed by atoms with Gasteiger partial charge in [0.25, 0.3) is 0 Å². The van der Waals surface area contributed by atoms with Gasteiger partial charge in [-0.1, -0.05) is 28.1 Å². The molecule has 0 aliphatic carbocycles. The predicted octanol–water partition coefficient (Wildman–Crippen LogP) is 3.87. The van der Waals surface area contributed by atoms with Crippen LogP contribution in [-0.4, -0.2) is 6.61 Å². The van der Waals surface area contributed by atoms with Gasteiger partial charge in [0, 0.05) is 23.0 Å². The summed E-state index contributed by atoms with van der Waals surface area (Å²) in [7, 11) is 0. The van der Waals surface area contributed by atoms with Crippen LogP contribution in [0.5, 0.6) is 5.75 Å². The summed E-state index contributed by atoms with van der Waals surface area (Å²) in [5.74, 6) is 0.982. The number of nitrogens with one attached hydrogen (secondary N) is 1. The smallest absolute Gasteiger partial charge is 0.127 e. The minimum Gasteiger partial charge on any atom is -0.493 e. The van der Waals surface area contributed by atoms with Crippen LogP contribution in [0, 0.1) is 11.3 Å². The summed E-state index contributed by atoms with van der Waals surface area (Å²) in [5, 5.41) is 12.4. The molecule has 2 aromatic carbocycles. The third-order valence-corrected chi connectivity index (χ3v) is 3.80. The maximum absolute atomic E-state index is 9.09. The summed E-state index contributed by atoms with van der Waals surface area (Å²) < 4.78 is 6.77. The van der Waals surface area contributed by atoms with Gasteiger partial charge in [0.05, 0.1) is 17.9 Å². The van der Waals surface area contributed by atoms with Crippen molar-refractivity contribution in [1.82, 2.24) is 0 Å². The zero-order valence-corrected chi connectivity index (χ0v) is 12.4. The number of rotatable bonds is 3. The first-order valence-electron chi connectivity index (χ1n) is 6.45. The summed E-state index contributed by atoms with van der Waals surface area (Å²) in [6.07, 6.45) is 0.955. The summed E-state index contributed by atoms with van der Waals surface area (Å²) in [5.41, 5.74) is 3.85. The Morgan fingerprint density at radius 3 is 3.00 bits per heavy atom. The average molecular weight is 329 g/mol. The van der Waals surface area contributed by atoms with E-state index in [2.05, 4.69) is 39.4 Å². The Kier molecular flexibility index (Phi) is 3.62. The van der Waals surface area contributed by atoms with Crippen molar-refractivity contribution in [3.8, 4) is 11.8 Å². The second kappa shape index (κ2) is 5.56. The molecule has 0 unspecified atom stereocenters. The van der Waals surface area contributed by atoms with Gasteiger partial charge in [0.2, 0.25) is 0 Å². The van der Waals surface area contributed by atoms with E-state index in [1.54, 1.807) is 0 Å². The van der Waals surface area contributed by atoms with Gasteiger partial charge in [-0.3, -0.25) is 0 Å². The van der Waals surface area contributed by atoms with Crippen LogP contribution in [0.3, 0.4) is 0 Å². The molecule has 0 aromatic heterocycles. The minimum absolute atomic E-state index is 0.639. The van der Waals surface area contributed by atoms with Crippen molar-refractivity contribution in [3.63, 3.8) is 0 Å². The van der Waals surface area contributed by atoms with Crippen LogP contribution < -0.4 is 10.1 Å². The van der Waals surface area contributed by atoms with Gasteiger partial charge in [-0.25, -0.2) is 0 Å². The Balaban J connectivity index is 1.85. The number of nitriles is 1. The molecule has 100 valence electrons. The highest BCUT2D eigenvalue weighted by Gasteiger charge is 2.17. The zero-order valence-electron chi connectivity index (χ0n) is 10.8. The lowest BCUT2D eigenvalue weighted by atomic mass is 10.1. The first-order chi connectivity index (χ1) is 9.78. The molecule has 0 spiro atoms. The predicted molar refractivity (Wildman–Crippen MR) is 81.8 cm³/mol. The van der Waals surface area contributed by atoms with E-state index in [1.165, 1.54) is 5.56 Å². The van der Waals surface area contributed by atoms with Crippen molar-refractivity contribution in [2.24, 2.45) is 0 Å². The van der Waals surface area contributed by atoms with Gasteiger partial charge >= 0.3 is 0 Å². The van der Waals surface area contributed by atoms with Crippen LogP contribution in [-0.2, 0) is 13.0 Å². The molecule has 0 atom stereocenters. The van der Waals surface area contributed by atoms with E-state index in [0.29, 0.717) is 12.1 Å². The summed E-state index contributed by atoms with van der Waals surface area (Å²) in [6, 6.07) is 13.9. The fourth-order valence-corrected chi connectivity index (χ4v) is 2.96. The van der Waals surface area contributed by atoms with Crippen molar-refractivity contribution in [2.75, 3.05) is 11.9 Å². The lowest BCUT2D eigenvalue weighted by Gasteiger charge is -2.12. The summed E-state index contributed by atoms with van der Waals surface area (Å²) in [4.78, 5) is 0. The van der Waals surface area contributed by atoms with E-state index in [0.717, 1.165) is 34.5 Å². The monoisotopic (exact) mass is 328 g/mol. The van der Waals surface area contributed by atoms with Crippen molar-refractivity contribution < 1.29 is 4.74 Å². The molecule has 0 amide bonds. The molecule has 0 saturated heterocycles. The molecule has 2 aromatic rings. The topological polar surface area (TPSA) is 45.0 Å². The van der Waals surface area contributed by atoms with Crippen LogP contribution in [0.2, 0.25) is 0 Å². The summed E-state index contributed by atoms with van der Waals surface area (Å²) >= 11 is 3.53. The maximum Gasteiger partial charge on any atom is 0.127 e. The van der Waals surface area contributed by atoms with Gasteiger partial charge in [-0.15, -0.1) is 0 Å². The van der Waals surface area contributed by atoms with Crippen LogP contribution >= 0.6 is 15.9 Å². The number of fused-ring (bicyclic) bond motifs is 1. The largest absolute Gasteiger partial charge is 0.493 e. The first kappa shape index (κ1) is 13.0. The van der Waals surface area contributed by atoms with Crippen LogP contribution in [0.4, 0.5) is 5.69 Å². The van der Waals surface area contributed by atoms with Crippen LogP contribution in [0.25, 0.3) is 0 Å². The number of hydrogen-bond acceptors (Lipinski definition) is 3. The lowest BCUT2D eigenvalue weighted by Crippen LogP contribution is -2.03. The normalized spacial score (nSPS) is 12.4. The van der Waals surface area contributed by atoms with E-state index in [9.17, 15) is 0 Å². The molecule has 3 rings (SSSR count). The Labute approximate surface area is 126 Å². The van der Waals surface area contributed by atoms with E-state index in [-0.39, 0.29) is 0 Å². The summed E-state index contributed by atoms with van der Waals surface area (Å²) in [6.45, 7) is 1.38. The lowest BCUT2D eigenvalue weighted by molar-refractivity contribution is 0.354. The molecule has 1 aliphatic heterocycles. The first-order valence-corrected chi connectivity index (χ1v) is 7.24. The SMILES string of the molecule is N#Cc1ccccc1NCc1cc(Br)cc2c1OCC2. The standard InChI is InChI=1S/C16H13BrN2O/c17-14-7-11-5-6-20-16(11)13(8-14)10-19-15-4-2-1-3-12(15)9-18/h1-4,7-8,19H,5-6,10H2. The molecular weight excluding hydrogens is 316 g/mol. The van der Waals surface area contributed by atoms with Crippen molar-refractivity contribution in [1.29, 1.82) is 5.26 Å². The molecular formula is C16H13BrN2O. The molecule has 20 heavy (non-hydrogen) atoms. The highest BCUT2D eigenvalue weighted by Crippen LogP contribution is 2.33. The van der Waals surface area contributed by atoms with E-state index >= 15 is 0 Å². The van der Waals surface area contributed by atoms with Crippen LogP contribution in [0.1, 0.15) is 16.7 Å². The number of para-hydroxylation sites is 1. The fourth-order valence-electron chi connectivity index (χ4n) is 2.40. The third-order valence-electron chi connectivity index (χ3n) is 3.34. The molecule has 1 N–H and O–H groups in total. The Morgan fingerprint density at radius 1 is 1.30 bits per heavy atom. The van der Waals surface area contributed by atoms with Gasteiger partial charge in [0.1, 0.15) is 11.8 Å². The highest BCUT2D eigenvalue weighted by atomic mass is 79.9. The number of hydrogen-bond donors (Lipinski definition) is 1. The molecule has 0 saturated carbocycles. The number of nitrogens with zero attached hydrogens (tertiary/aromatic N) is 1. The quantitative estimate of drug-likeness (QED) is 0.930. The molecule has 0 radical (unpaired) electrons. The maximum atomic E-state index is 9.09. The highest BCUT2D eigenvalue weighted by molar-refractivity contribution is 9.10. The van der Waals surface area contributed by atoms with Crippen molar-refractivity contribution in [3.05, 3.63) is 57.6 Å². The molecule has 0 bridgehead atoms. The van der Waals surface area contributed by atoms with Gasteiger partial charge in [0.15, 0.2) is 0 Å². The Morgan fingerprint density at radius 2 is 2.15 bits per heavy atom. The Bertz CT molecular complexity index is 691. The van der Waals surface area contributed by atoms with Crippen LogP contribution in [0.15, 0.2) is 40.9 Å². The van der Waals surface area contributed by atoms with Gasteiger partial charge in [-0.2, -0.15) is 5.26 Å². The molecule has 1 aliphatic rings. The molecule has 0 fully saturated rings. The second-order valence-electron chi connectivity index (χ2n) is 4.66. The van der Waals surface area contributed by atoms with Gasteiger partial charge in [-0.05, 0) is 29.8 Å². The fraction of sp³-hybridized carbons (Fsp3) is 0.188. The van der Waals surface area contributed by atoms with Gasteiger partial charge < -0.3 is 10.1 Å². The second-order valence-corrected chi connectivity index (χ2v) is 5.58. The molecule has 1 heterocycles. The number of ether oxygens (including phenoxy) is 1. The third kappa shape index (κ3) is 2.50. The zero-order chi connectivity index (χ0) is 13.9. The number of halogens is 1. The van der Waals surface area contributed by atoms with E-state index in [4.69, 9.17) is 10.00 Å². The molecule has 3 nitrogen and oxygen atoms in total. The van der Waals surface area contributed by atoms with E-state index in [1.807, 2.05) is 24.3 Å². The minimum atomic E-state index is 0.639. The Hall–Kier alpha value is -1.99. The number of benzene rings is 2.